The zero-order valence-electron chi connectivity index (χ0n) is 10.6. The molecule has 2 N–H and O–H groups in total. The molecule has 0 amide bonds. The second kappa shape index (κ2) is 6.66. The van der Waals surface area contributed by atoms with Crippen LogP contribution in [0, 0.1) is 13.8 Å². The van der Waals surface area contributed by atoms with E-state index in [1.807, 2.05) is 6.92 Å². The van der Waals surface area contributed by atoms with Crippen LogP contribution in [-0.4, -0.2) is 13.2 Å². The normalized spacial score (nSPS) is 12.8. The van der Waals surface area contributed by atoms with Gasteiger partial charge in [-0.15, -0.1) is 0 Å². The van der Waals surface area contributed by atoms with Crippen molar-refractivity contribution in [1.82, 2.24) is 0 Å². The fourth-order valence-electron chi connectivity index (χ4n) is 1.88. The molecular formula is C14H23NO. The Morgan fingerprint density at radius 1 is 1.31 bits per heavy atom. The number of hydrogen-bond acceptors (Lipinski definition) is 2. The molecule has 0 aliphatic carbocycles. The van der Waals surface area contributed by atoms with Gasteiger partial charge in [0.15, 0.2) is 0 Å². The topological polar surface area (TPSA) is 35.2 Å². The molecule has 0 fully saturated rings. The highest BCUT2D eigenvalue weighted by molar-refractivity contribution is 5.35. The molecular weight excluding hydrogens is 198 g/mol. The van der Waals surface area contributed by atoms with Gasteiger partial charge in [-0.25, -0.2) is 0 Å². The number of nitrogens with two attached hydrogens (primary N) is 1. The maximum absolute atomic E-state index is 6.19. The molecule has 0 saturated carbocycles. The van der Waals surface area contributed by atoms with Crippen molar-refractivity contribution in [2.24, 2.45) is 5.73 Å². The number of rotatable bonds is 6. The summed E-state index contributed by atoms with van der Waals surface area (Å²) in [5.41, 5.74) is 10.1. The summed E-state index contributed by atoms with van der Waals surface area (Å²) in [5, 5.41) is 0. The van der Waals surface area contributed by atoms with Gasteiger partial charge < -0.3 is 10.5 Å². The van der Waals surface area contributed by atoms with E-state index in [9.17, 15) is 0 Å². The average Bonchev–Trinajstić information content (AvgIpc) is 2.28. The number of ether oxygens (including phenoxy) is 1. The smallest absolute Gasteiger partial charge is 0.0466 e. The monoisotopic (exact) mass is 221 g/mol. The fraction of sp³-hybridized carbons (Fsp3) is 0.571. The summed E-state index contributed by atoms with van der Waals surface area (Å²) in [6, 6.07) is 6.49. The lowest BCUT2D eigenvalue weighted by Gasteiger charge is -2.16. The lowest BCUT2D eigenvalue weighted by Crippen LogP contribution is -2.13. The van der Waals surface area contributed by atoms with Gasteiger partial charge in [0.1, 0.15) is 0 Å². The van der Waals surface area contributed by atoms with E-state index in [0.717, 1.165) is 26.1 Å². The Morgan fingerprint density at radius 2 is 2.06 bits per heavy atom. The first-order chi connectivity index (χ1) is 7.66. The Kier molecular flexibility index (Phi) is 5.50. The predicted octanol–water partition coefficient (Wildman–Crippen LogP) is 3.12. The lowest BCUT2D eigenvalue weighted by atomic mass is 9.95. The fourth-order valence-corrected chi connectivity index (χ4v) is 1.88. The molecule has 16 heavy (non-hydrogen) atoms. The van der Waals surface area contributed by atoms with Crippen LogP contribution in [0.25, 0.3) is 0 Å². The van der Waals surface area contributed by atoms with E-state index in [1.165, 1.54) is 16.7 Å². The van der Waals surface area contributed by atoms with Crippen molar-refractivity contribution >= 4 is 0 Å². The van der Waals surface area contributed by atoms with Gasteiger partial charge in [-0.1, -0.05) is 18.2 Å². The van der Waals surface area contributed by atoms with Gasteiger partial charge in [0.25, 0.3) is 0 Å². The Balaban J connectivity index is 2.52. The van der Waals surface area contributed by atoms with E-state index in [0.29, 0.717) is 0 Å². The van der Waals surface area contributed by atoms with Gasteiger partial charge in [0.05, 0.1) is 0 Å². The molecule has 0 saturated heterocycles. The molecule has 0 aliphatic rings. The zero-order chi connectivity index (χ0) is 12.0. The summed E-state index contributed by atoms with van der Waals surface area (Å²) in [6.07, 6.45) is 2.02. The van der Waals surface area contributed by atoms with E-state index in [2.05, 4.69) is 32.0 Å². The van der Waals surface area contributed by atoms with E-state index < -0.39 is 0 Å². The Morgan fingerprint density at radius 3 is 2.75 bits per heavy atom. The molecule has 0 bridgehead atoms. The number of benzene rings is 1. The first-order valence-electron chi connectivity index (χ1n) is 6.06. The van der Waals surface area contributed by atoms with Gasteiger partial charge in [-0.05, 0) is 50.3 Å². The highest BCUT2D eigenvalue weighted by Crippen LogP contribution is 2.21. The highest BCUT2D eigenvalue weighted by atomic mass is 16.5. The van der Waals surface area contributed by atoms with Crippen molar-refractivity contribution in [2.75, 3.05) is 13.2 Å². The minimum Gasteiger partial charge on any atom is -0.382 e. The number of hydrogen-bond donors (Lipinski definition) is 1. The Bertz CT molecular complexity index is 323. The minimum atomic E-state index is 0.139. The van der Waals surface area contributed by atoms with Crippen LogP contribution in [0.2, 0.25) is 0 Å². The first-order valence-corrected chi connectivity index (χ1v) is 6.06. The highest BCUT2D eigenvalue weighted by Gasteiger charge is 2.09. The molecule has 0 aromatic heterocycles. The Labute approximate surface area is 98.8 Å². The van der Waals surface area contributed by atoms with Crippen LogP contribution in [-0.2, 0) is 4.74 Å². The zero-order valence-corrected chi connectivity index (χ0v) is 10.6. The van der Waals surface area contributed by atoms with Crippen LogP contribution in [0.4, 0.5) is 0 Å². The molecule has 0 spiro atoms. The number of aryl methyl sites for hydroxylation is 1. The van der Waals surface area contributed by atoms with Crippen molar-refractivity contribution in [3.05, 3.63) is 34.9 Å². The van der Waals surface area contributed by atoms with E-state index in [-0.39, 0.29) is 6.04 Å². The predicted molar refractivity (Wildman–Crippen MR) is 68.6 cm³/mol. The van der Waals surface area contributed by atoms with E-state index in [4.69, 9.17) is 10.5 Å². The van der Waals surface area contributed by atoms with Gasteiger partial charge in [0.2, 0.25) is 0 Å². The van der Waals surface area contributed by atoms with Gasteiger partial charge in [-0.3, -0.25) is 0 Å². The molecule has 90 valence electrons. The average molecular weight is 221 g/mol. The molecule has 1 unspecified atom stereocenters. The first kappa shape index (κ1) is 13.2. The molecule has 2 nitrogen and oxygen atoms in total. The summed E-state index contributed by atoms with van der Waals surface area (Å²) >= 11 is 0. The quantitative estimate of drug-likeness (QED) is 0.749. The van der Waals surface area contributed by atoms with Crippen LogP contribution < -0.4 is 5.73 Å². The summed E-state index contributed by atoms with van der Waals surface area (Å²) < 4.78 is 5.32. The second-order valence-corrected chi connectivity index (χ2v) is 4.23. The maximum atomic E-state index is 6.19. The molecule has 1 aromatic rings. The van der Waals surface area contributed by atoms with Gasteiger partial charge in [0, 0.05) is 19.3 Å². The summed E-state index contributed by atoms with van der Waals surface area (Å²) in [4.78, 5) is 0. The van der Waals surface area contributed by atoms with Crippen LogP contribution in [0.5, 0.6) is 0 Å². The SMILES string of the molecule is CCOCCCC(N)c1cccc(C)c1C. The van der Waals surface area contributed by atoms with Gasteiger partial charge >= 0.3 is 0 Å². The summed E-state index contributed by atoms with van der Waals surface area (Å²) in [7, 11) is 0. The standard InChI is InChI=1S/C14H23NO/c1-4-16-10-6-9-14(15)13-8-5-7-11(2)12(13)3/h5,7-8,14H,4,6,9-10,15H2,1-3H3. The summed E-state index contributed by atoms with van der Waals surface area (Å²) in [6.45, 7) is 7.90. The molecule has 1 rings (SSSR count). The van der Waals surface area contributed by atoms with Crippen LogP contribution >= 0.6 is 0 Å². The third-order valence-corrected chi connectivity index (χ3v) is 3.05. The van der Waals surface area contributed by atoms with Gasteiger partial charge in [-0.2, -0.15) is 0 Å². The molecule has 2 heteroatoms. The van der Waals surface area contributed by atoms with E-state index in [1.54, 1.807) is 0 Å². The summed E-state index contributed by atoms with van der Waals surface area (Å²) in [5.74, 6) is 0. The minimum absolute atomic E-state index is 0.139. The molecule has 0 aliphatic heterocycles. The Hall–Kier alpha value is -0.860. The van der Waals surface area contributed by atoms with Crippen molar-refractivity contribution in [3.8, 4) is 0 Å². The van der Waals surface area contributed by atoms with Crippen LogP contribution in [0.15, 0.2) is 18.2 Å². The second-order valence-electron chi connectivity index (χ2n) is 4.23. The van der Waals surface area contributed by atoms with Crippen molar-refractivity contribution in [3.63, 3.8) is 0 Å². The maximum Gasteiger partial charge on any atom is 0.0466 e. The molecule has 1 aromatic carbocycles. The van der Waals surface area contributed by atoms with Crippen molar-refractivity contribution < 1.29 is 4.74 Å². The third-order valence-electron chi connectivity index (χ3n) is 3.05. The van der Waals surface area contributed by atoms with Crippen LogP contribution in [0.3, 0.4) is 0 Å². The van der Waals surface area contributed by atoms with Crippen LogP contribution in [0.1, 0.15) is 42.5 Å². The van der Waals surface area contributed by atoms with E-state index >= 15 is 0 Å². The largest absolute Gasteiger partial charge is 0.382 e. The van der Waals surface area contributed by atoms with Crippen molar-refractivity contribution in [2.45, 2.75) is 39.7 Å². The third kappa shape index (κ3) is 3.62. The van der Waals surface area contributed by atoms with Crippen molar-refractivity contribution in [1.29, 1.82) is 0 Å². The molecule has 1 atom stereocenters. The lowest BCUT2D eigenvalue weighted by molar-refractivity contribution is 0.142. The molecule has 0 radical (unpaired) electrons. The molecule has 0 heterocycles.